The Morgan fingerprint density at radius 3 is 2.46 bits per heavy atom. The second-order valence-corrected chi connectivity index (χ2v) is 5.34. The molecule has 0 saturated heterocycles. The zero-order chi connectivity index (χ0) is 17.1. The molecular weight excluding hydrogens is 308 g/mol. The van der Waals surface area contributed by atoms with Crippen molar-refractivity contribution >= 4 is 23.4 Å². The van der Waals surface area contributed by atoms with Crippen molar-refractivity contribution < 1.29 is 19.1 Å². The fraction of sp³-hybridized carbons (Fsp3) is 0.167. The molecule has 0 atom stereocenters. The van der Waals surface area contributed by atoms with Crippen LogP contribution in [0.3, 0.4) is 0 Å². The third-order valence-corrected chi connectivity index (χ3v) is 3.78. The summed E-state index contributed by atoms with van der Waals surface area (Å²) in [5.74, 6) is -1.09. The van der Waals surface area contributed by atoms with Gasteiger partial charge in [0.1, 0.15) is 0 Å². The van der Waals surface area contributed by atoms with Crippen LogP contribution in [0.4, 0.5) is 5.69 Å². The largest absolute Gasteiger partial charge is 0.383 e. The predicted molar refractivity (Wildman–Crippen MR) is 88.1 cm³/mol. The number of amides is 3. The van der Waals surface area contributed by atoms with Crippen LogP contribution in [0.1, 0.15) is 31.1 Å². The van der Waals surface area contributed by atoms with Crippen LogP contribution in [0.15, 0.2) is 48.5 Å². The molecule has 0 spiro atoms. The lowest BCUT2D eigenvalue weighted by molar-refractivity contribution is 0.0603. The van der Waals surface area contributed by atoms with Crippen molar-refractivity contribution in [3.8, 4) is 0 Å². The molecule has 6 heteroatoms. The highest BCUT2D eigenvalue weighted by molar-refractivity contribution is 6.22. The maximum absolute atomic E-state index is 12.4. The van der Waals surface area contributed by atoms with Gasteiger partial charge in [-0.1, -0.05) is 18.2 Å². The number of hydrogen-bond acceptors (Lipinski definition) is 4. The monoisotopic (exact) mass is 324 g/mol. The average Bonchev–Trinajstić information content (AvgIpc) is 2.84. The first-order valence-corrected chi connectivity index (χ1v) is 7.47. The number of nitrogens with one attached hydrogen (secondary N) is 1. The number of fused-ring (bicyclic) bond motifs is 1. The normalized spacial score (nSPS) is 13.1. The Bertz CT molecular complexity index is 802. The van der Waals surface area contributed by atoms with Gasteiger partial charge in [-0.3, -0.25) is 19.3 Å². The molecule has 122 valence electrons. The first-order valence-electron chi connectivity index (χ1n) is 7.47. The van der Waals surface area contributed by atoms with Gasteiger partial charge in [0.25, 0.3) is 17.7 Å². The fourth-order valence-corrected chi connectivity index (χ4v) is 2.54. The number of carbonyl (C=O) groups is 3. The third-order valence-electron chi connectivity index (χ3n) is 3.78. The van der Waals surface area contributed by atoms with Gasteiger partial charge < -0.3 is 10.1 Å². The number of para-hydroxylation sites is 1. The molecule has 0 bridgehead atoms. The van der Waals surface area contributed by atoms with Crippen LogP contribution >= 0.6 is 0 Å². The summed E-state index contributed by atoms with van der Waals surface area (Å²) < 4.78 is 4.92. The lowest BCUT2D eigenvalue weighted by Gasteiger charge is -2.12. The van der Waals surface area contributed by atoms with E-state index in [-0.39, 0.29) is 30.5 Å². The van der Waals surface area contributed by atoms with Gasteiger partial charge in [0, 0.05) is 18.4 Å². The van der Waals surface area contributed by atoms with Gasteiger partial charge in [0.05, 0.1) is 24.3 Å². The minimum atomic E-state index is -0.401. The van der Waals surface area contributed by atoms with Crippen LogP contribution < -0.4 is 5.32 Å². The molecule has 1 N–H and O–H groups in total. The minimum Gasteiger partial charge on any atom is -0.383 e. The summed E-state index contributed by atoms with van der Waals surface area (Å²) in [6, 6.07) is 13.5. The standard InChI is InChI=1S/C18H16N2O4/c1-24-10-9-20-17(22)14-8-7-12(11-15(14)18(20)23)16(21)19-13-5-3-2-4-6-13/h2-8,11H,9-10H2,1H3,(H,19,21). The highest BCUT2D eigenvalue weighted by atomic mass is 16.5. The van der Waals surface area contributed by atoms with E-state index in [1.807, 2.05) is 18.2 Å². The molecule has 0 fully saturated rings. The van der Waals surface area contributed by atoms with E-state index < -0.39 is 5.91 Å². The second-order valence-electron chi connectivity index (χ2n) is 5.34. The molecule has 1 heterocycles. The van der Waals surface area contributed by atoms with Crippen molar-refractivity contribution in [1.29, 1.82) is 0 Å². The zero-order valence-electron chi connectivity index (χ0n) is 13.1. The maximum atomic E-state index is 12.4. The van der Waals surface area contributed by atoms with Crippen LogP contribution in [0, 0.1) is 0 Å². The molecule has 0 unspecified atom stereocenters. The third kappa shape index (κ3) is 2.91. The van der Waals surface area contributed by atoms with Crippen LogP contribution in [0.5, 0.6) is 0 Å². The maximum Gasteiger partial charge on any atom is 0.261 e. The molecule has 2 aromatic carbocycles. The Morgan fingerprint density at radius 1 is 1.04 bits per heavy atom. The summed E-state index contributed by atoms with van der Waals surface area (Å²) in [5, 5.41) is 2.75. The van der Waals surface area contributed by atoms with E-state index in [9.17, 15) is 14.4 Å². The molecule has 0 aromatic heterocycles. The van der Waals surface area contributed by atoms with Crippen LogP contribution in [-0.2, 0) is 4.74 Å². The summed E-state index contributed by atoms with van der Waals surface area (Å²) in [5.41, 5.74) is 1.55. The molecule has 1 aliphatic rings. The van der Waals surface area contributed by atoms with Crippen LogP contribution in [-0.4, -0.2) is 42.9 Å². The first-order chi connectivity index (χ1) is 11.6. The van der Waals surface area contributed by atoms with Gasteiger partial charge in [0.2, 0.25) is 0 Å². The van der Waals surface area contributed by atoms with Gasteiger partial charge >= 0.3 is 0 Å². The highest BCUT2D eigenvalue weighted by Gasteiger charge is 2.35. The Morgan fingerprint density at radius 2 is 1.75 bits per heavy atom. The second kappa shape index (κ2) is 6.64. The molecule has 0 radical (unpaired) electrons. The Labute approximate surface area is 139 Å². The number of nitrogens with zero attached hydrogens (tertiary/aromatic N) is 1. The van der Waals surface area contributed by atoms with Gasteiger partial charge in [-0.15, -0.1) is 0 Å². The van der Waals surface area contributed by atoms with Gasteiger partial charge in [-0.05, 0) is 30.3 Å². The van der Waals surface area contributed by atoms with Crippen LogP contribution in [0.2, 0.25) is 0 Å². The van der Waals surface area contributed by atoms with E-state index in [4.69, 9.17) is 4.74 Å². The van der Waals surface area contributed by atoms with E-state index in [2.05, 4.69) is 5.32 Å². The summed E-state index contributed by atoms with van der Waals surface area (Å²) >= 11 is 0. The molecule has 3 rings (SSSR count). The van der Waals surface area contributed by atoms with Crippen molar-refractivity contribution in [2.75, 3.05) is 25.6 Å². The molecule has 3 amide bonds. The van der Waals surface area contributed by atoms with Crippen molar-refractivity contribution in [2.24, 2.45) is 0 Å². The molecule has 0 aliphatic carbocycles. The van der Waals surface area contributed by atoms with Crippen molar-refractivity contribution in [3.05, 3.63) is 65.2 Å². The van der Waals surface area contributed by atoms with E-state index in [1.165, 1.54) is 19.2 Å². The lowest BCUT2D eigenvalue weighted by atomic mass is 10.1. The summed E-state index contributed by atoms with van der Waals surface area (Å²) in [6.45, 7) is 0.460. The van der Waals surface area contributed by atoms with Gasteiger partial charge in [-0.2, -0.15) is 0 Å². The molecular formula is C18H16N2O4. The molecule has 6 nitrogen and oxygen atoms in total. The van der Waals surface area contributed by atoms with Crippen molar-refractivity contribution in [3.63, 3.8) is 0 Å². The smallest absolute Gasteiger partial charge is 0.261 e. The SMILES string of the molecule is COCCN1C(=O)c2ccc(C(=O)Nc3ccccc3)cc2C1=O. The molecule has 0 saturated carbocycles. The van der Waals surface area contributed by atoms with Crippen molar-refractivity contribution in [1.82, 2.24) is 4.90 Å². The van der Waals surface area contributed by atoms with E-state index in [0.29, 0.717) is 16.8 Å². The number of anilines is 1. The predicted octanol–water partition coefficient (Wildman–Crippen LogP) is 2.18. The highest BCUT2D eigenvalue weighted by Crippen LogP contribution is 2.24. The number of imide groups is 1. The summed E-state index contributed by atoms with van der Waals surface area (Å²) in [7, 11) is 1.50. The lowest BCUT2D eigenvalue weighted by Crippen LogP contribution is -2.32. The number of ether oxygens (including phenoxy) is 1. The minimum absolute atomic E-state index is 0.189. The van der Waals surface area contributed by atoms with E-state index >= 15 is 0 Å². The Kier molecular flexibility index (Phi) is 4.39. The molecule has 24 heavy (non-hydrogen) atoms. The fourth-order valence-electron chi connectivity index (χ4n) is 2.54. The summed E-state index contributed by atoms with van der Waals surface area (Å²) in [6.07, 6.45) is 0. The Balaban J connectivity index is 1.83. The molecule has 2 aromatic rings. The van der Waals surface area contributed by atoms with Gasteiger partial charge in [-0.25, -0.2) is 0 Å². The van der Waals surface area contributed by atoms with Gasteiger partial charge in [0.15, 0.2) is 0 Å². The van der Waals surface area contributed by atoms with Crippen molar-refractivity contribution in [2.45, 2.75) is 0 Å². The topological polar surface area (TPSA) is 75.7 Å². The number of methoxy groups -OCH3 is 1. The number of benzene rings is 2. The van der Waals surface area contributed by atoms with E-state index in [0.717, 1.165) is 4.90 Å². The average molecular weight is 324 g/mol. The van der Waals surface area contributed by atoms with E-state index in [1.54, 1.807) is 18.2 Å². The number of rotatable bonds is 5. The Hall–Kier alpha value is -2.99. The zero-order valence-corrected chi connectivity index (χ0v) is 13.1. The number of carbonyl (C=O) groups excluding carboxylic acids is 3. The molecule has 1 aliphatic heterocycles. The summed E-state index contributed by atoms with van der Waals surface area (Å²) in [4.78, 5) is 38.0. The quantitative estimate of drug-likeness (QED) is 0.855. The number of hydrogen-bond donors (Lipinski definition) is 1. The van der Waals surface area contributed by atoms with Crippen LogP contribution in [0.25, 0.3) is 0 Å². The first kappa shape index (κ1) is 15.9.